The van der Waals surface area contributed by atoms with Crippen LogP contribution in [0.25, 0.3) is 0 Å². The Labute approximate surface area is 123 Å². The molecule has 100 valence electrons. The van der Waals surface area contributed by atoms with E-state index in [1.807, 2.05) is 35.2 Å². The number of benzene rings is 1. The van der Waals surface area contributed by atoms with Gasteiger partial charge in [0, 0.05) is 17.7 Å². The Morgan fingerprint density at radius 2 is 1.74 bits per heavy atom. The van der Waals surface area contributed by atoms with E-state index in [0.717, 1.165) is 6.54 Å². The third kappa shape index (κ3) is 4.48. The van der Waals surface area contributed by atoms with Gasteiger partial charge in [0.2, 0.25) is 0 Å². The SMILES string of the molecule is CCOC(=O)c1cc[n+](Cc2ccccc2)cc1.[Br-]. The van der Waals surface area contributed by atoms with Gasteiger partial charge in [-0.2, -0.15) is 0 Å². The lowest BCUT2D eigenvalue weighted by Crippen LogP contribution is -3.00. The summed E-state index contributed by atoms with van der Waals surface area (Å²) in [5.41, 5.74) is 1.81. The summed E-state index contributed by atoms with van der Waals surface area (Å²) in [6.07, 6.45) is 3.78. The third-order valence-corrected chi connectivity index (χ3v) is 2.61. The van der Waals surface area contributed by atoms with Gasteiger partial charge in [0.25, 0.3) is 0 Å². The molecule has 3 nitrogen and oxygen atoms in total. The molecule has 0 saturated carbocycles. The van der Waals surface area contributed by atoms with Gasteiger partial charge in [0.15, 0.2) is 18.9 Å². The number of hydrogen-bond acceptors (Lipinski definition) is 2. The van der Waals surface area contributed by atoms with Crippen molar-refractivity contribution in [1.29, 1.82) is 0 Å². The van der Waals surface area contributed by atoms with Crippen LogP contribution in [-0.2, 0) is 11.3 Å². The molecule has 2 rings (SSSR count). The average molecular weight is 322 g/mol. The van der Waals surface area contributed by atoms with Gasteiger partial charge in [-0.3, -0.25) is 0 Å². The largest absolute Gasteiger partial charge is 1.00 e. The molecular formula is C15H16BrNO2. The molecule has 19 heavy (non-hydrogen) atoms. The number of hydrogen-bond donors (Lipinski definition) is 0. The van der Waals surface area contributed by atoms with E-state index in [2.05, 4.69) is 12.1 Å². The molecule has 0 aliphatic carbocycles. The van der Waals surface area contributed by atoms with Crippen LogP contribution >= 0.6 is 0 Å². The molecule has 0 aliphatic heterocycles. The molecule has 1 aromatic heterocycles. The first kappa shape index (κ1) is 15.4. The van der Waals surface area contributed by atoms with Crippen molar-refractivity contribution in [3.05, 3.63) is 66.0 Å². The molecular weight excluding hydrogens is 306 g/mol. The van der Waals surface area contributed by atoms with E-state index in [1.54, 1.807) is 19.1 Å². The highest BCUT2D eigenvalue weighted by molar-refractivity contribution is 5.88. The summed E-state index contributed by atoms with van der Waals surface area (Å²) in [5, 5.41) is 0. The lowest BCUT2D eigenvalue weighted by molar-refractivity contribution is -0.688. The number of esters is 1. The summed E-state index contributed by atoms with van der Waals surface area (Å²) in [6, 6.07) is 13.7. The fourth-order valence-corrected chi connectivity index (χ4v) is 1.71. The van der Waals surface area contributed by atoms with Crippen molar-refractivity contribution in [2.75, 3.05) is 6.61 Å². The Bertz CT molecular complexity index is 511. The van der Waals surface area contributed by atoms with Crippen LogP contribution in [0.15, 0.2) is 54.9 Å². The third-order valence-electron chi connectivity index (χ3n) is 2.61. The highest BCUT2D eigenvalue weighted by Crippen LogP contribution is 2.00. The molecule has 1 heterocycles. The predicted octanol–water partition coefficient (Wildman–Crippen LogP) is -0.797. The lowest BCUT2D eigenvalue weighted by atomic mass is 10.2. The summed E-state index contributed by atoms with van der Waals surface area (Å²) < 4.78 is 6.96. The van der Waals surface area contributed by atoms with Crippen LogP contribution in [0, 0.1) is 0 Å². The first-order chi connectivity index (χ1) is 8.79. The number of halogens is 1. The molecule has 2 aromatic rings. The van der Waals surface area contributed by atoms with Gasteiger partial charge in [-0.1, -0.05) is 30.3 Å². The van der Waals surface area contributed by atoms with Crippen LogP contribution in [0.4, 0.5) is 0 Å². The van der Waals surface area contributed by atoms with Crippen molar-refractivity contribution < 1.29 is 31.1 Å². The maximum absolute atomic E-state index is 11.5. The molecule has 0 atom stereocenters. The summed E-state index contributed by atoms with van der Waals surface area (Å²) in [6.45, 7) is 3.00. The molecule has 0 radical (unpaired) electrons. The molecule has 4 heteroatoms. The molecule has 0 N–H and O–H groups in total. The second-order valence-corrected chi connectivity index (χ2v) is 3.97. The fourth-order valence-electron chi connectivity index (χ4n) is 1.71. The molecule has 0 fully saturated rings. The Morgan fingerprint density at radius 1 is 1.11 bits per heavy atom. The van der Waals surface area contributed by atoms with Gasteiger partial charge < -0.3 is 21.7 Å². The summed E-state index contributed by atoms with van der Waals surface area (Å²) in [4.78, 5) is 11.5. The number of rotatable bonds is 4. The highest BCUT2D eigenvalue weighted by Gasteiger charge is 2.08. The summed E-state index contributed by atoms with van der Waals surface area (Å²) in [7, 11) is 0. The normalized spacial score (nSPS) is 9.53. The zero-order valence-electron chi connectivity index (χ0n) is 10.8. The van der Waals surface area contributed by atoms with E-state index in [-0.39, 0.29) is 23.0 Å². The van der Waals surface area contributed by atoms with Crippen LogP contribution in [0.1, 0.15) is 22.8 Å². The second-order valence-electron chi connectivity index (χ2n) is 3.97. The smallest absolute Gasteiger partial charge is 0.338 e. The number of pyridine rings is 1. The van der Waals surface area contributed by atoms with E-state index in [1.165, 1.54) is 5.56 Å². The van der Waals surface area contributed by atoms with Crippen molar-refractivity contribution in [3.8, 4) is 0 Å². The van der Waals surface area contributed by atoms with E-state index in [0.29, 0.717) is 12.2 Å². The summed E-state index contributed by atoms with van der Waals surface area (Å²) >= 11 is 0. The Hall–Kier alpha value is -1.68. The van der Waals surface area contributed by atoms with Crippen LogP contribution in [0.5, 0.6) is 0 Å². The topological polar surface area (TPSA) is 30.2 Å². The maximum Gasteiger partial charge on any atom is 0.338 e. The minimum absolute atomic E-state index is 0. The standard InChI is InChI=1S/C15H16NO2.BrH/c1-2-18-15(17)14-8-10-16(11-9-14)12-13-6-4-3-5-7-13;/h3-11H,2,12H2,1H3;1H/q+1;/p-1. The first-order valence-corrected chi connectivity index (χ1v) is 5.99. The van der Waals surface area contributed by atoms with Gasteiger partial charge in [0.1, 0.15) is 0 Å². The Balaban J connectivity index is 0.00000180. The number of ether oxygens (including phenoxy) is 1. The van der Waals surface area contributed by atoms with Gasteiger partial charge >= 0.3 is 5.97 Å². The molecule has 0 bridgehead atoms. The van der Waals surface area contributed by atoms with Crippen LogP contribution in [0.3, 0.4) is 0 Å². The minimum atomic E-state index is -0.274. The number of carbonyl (C=O) groups is 1. The van der Waals surface area contributed by atoms with E-state index < -0.39 is 0 Å². The van der Waals surface area contributed by atoms with Gasteiger partial charge in [0.05, 0.1) is 12.2 Å². The van der Waals surface area contributed by atoms with Crippen molar-refractivity contribution in [2.24, 2.45) is 0 Å². The van der Waals surface area contributed by atoms with Crippen LogP contribution < -0.4 is 21.5 Å². The zero-order chi connectivity index (χ0) is 12.8. The second kappa shape index (κ2) is 7.69. The first-order valence-electron chi connectivity index (χ1n) is 5.99. The van der Waals surface area contributed by atoms with Gasteiger partial charge in [-0.05, 0) is 6.92 Å². The number of aromatic nitrogens is 1. The van der Waals surface area contributed by atoms with E-state index >= 15 is 0 Å². The van der Waals surface area contributed by atoms with E-state index in [9.17, 15) is 4.79 Å². The fraction of sp³-hybridized carbons (Fsp3) is 0.200. The van der Waals surface area contributed by atoms with E-state index in [4.69, 9.17) is 4.74 Å². The quantitative estimate of drug-likeness (QED) is 0.545. The van der Waals surface area contributed by atoms with Gasteiger partial charge in [-0.25, -0.2) is 9.36 Å². The molecule has 1 aromatic carbocycles. The van der Waals surface area contributed by atoms with Crippen molar-refractivity contribution in [2.45, 2.75) is 13.5 Å². The van der Waals surface area contributed by atoms with Crippen LogP contribution in [-0.4, -0.2) is 12.6 Å². The molecule has 0 spiro atoms. The molecule has 0 unspecified atom stereocenters. The lowest BCUT2D eigenvalue weighted by Gasteiger charge is -2.01. The molecule has 0 amide bonds. The zero-order valence-corrected chi connectivity index (χ0v) is 12.3. The van der Waals surface area contributed by atoms with Gasteiger partial charge in [-0.15, -0.1) is 0 Å². The number of nitrogens with zero attached hydrogens (tertiary/aromatic N) is 1. The predicted molar refractivity (Wildman–Crippen MR) is 68.1 cm³/mol. The monoisotopic (exact) mass is 321 g/mol. The van der Waals surface area contributed by atoms with Crippen molar-refractivity contribution >= 4 is 5.97 Å². The average Bonchev–Trinajstić information content (AvgIpc) is 2.41. The minimum Gasteiger partial charge on any atom is -1.00 e. The highest BCUT2D eigenvalue weighted by atomic mass is 79.9. The van der Waals surface area contributed by atoms with Crippen molar-refractivity contribution in [3.63, 3.8) is 0 Å². The maximum atomic E-state index is 11.5. The Morgan fingerprint density at radius 3 is 2.32 bits per heavy atom. The summed E-state index contributed by atoms with van der Waals surface area (Å²) in [5.74, 6) is -0.274. The molecule has 0 saturated heterocycles. The van der Waals surface area contributed by atoms with Crippen molar-refractivity contribution in [1.82, 2.24) is 0 Å². The number of carbonyl (C=O) groups excluding carboxylic acids is 1. The van der Waals surface area contributed by atoms with Crippen LogP contribution in [0.2, 0.25) is 0 Å². The molecule has 0 aliphatic rings. The Kier molecular flexibility index (Phi) is 6.22.